The molecule has 0 saturated carbocycles. The molecule has 0 unspecified atom stereocenters. The highest BCUT2D eigenvalue weighted by molar-refractivity contribution is 9.10. The smallest absolute Gasteiger partial charge is 0.137 e. The Bertz CT molecular complexity index is 726. The van der Waals surface area contributed by atoms with Crippen molar-refractivity contribution < 1.29 is 5.11 Å². The summed E-state index contributed by atoms with van der Waals surface area (Å²) in [5.41, 5.74) is 1.71. The van der Waals surface area contributed by atoms with Crippen molar-refractivity contribution in [3.05, 3.63) is 65.3 Å². The van der Waals surface area contributed by atoms with Crippen LogP contribution in [-0.4, -0.2) is 19.6 Å². The number of aromatic hydroxyl groups is 1. The summed E-state index contributed by atoms with van der Waals surface area (Å²) in [4.78, 5) is 8.35. The number of hydrogen-bond donors (Lipinski definition) is 2. The number of anilines is 1. The first-order valence-electron chi connectivity index (χ1n) is 6.38. The van der Waals surface area contributed by atoms with Crippen molar-refractivity contribution in [3.63, 3.8) is 0 Å². The molecular weight excluding hydrogens is 332 g/mol. The number of imidazole rings is 1. The van der Waals surface area contributed by atoms with Crippen molar-refractivity contribution in [2.45, 2.75) is 6.54 Å². The average Bonchev–Trinajstić information content (AvgIpc) is 3.03. The normalized spacial score (nSPS) is 10.5. The van der Waals surface area contributed by atoms with E-state index in [1.807, 2.05) is 29.0 Å². The van der Waals surface area contributed by atoms with Gasteiger partial charge in [-0.1, -0.05) is 15.9 Å². The van der Waals surface area contributed by atoms with Crippen LogP contribution in [0.3, 0.4) is 0 Å². The number of rotatable bonds is 4. The zero-order valence-electron chi connectivity index (χ0n) is 11.1. The summed E-state index contributed by atoms with van der Waals surface area (Å²) in [5.74, 6) is 1.08. The third kappa shape index (κ3) is 3.22. The van der Waals surface area contributed by atoms with E-state index < -0.39 is 0 Å². The summed E-state index contributed by atoms with van der Waals surface area (Å²) in [6.07, 6.45) is 7.01. The summed E-state index contributed by atoms with van der Waals surface area (Å²) in [6, 6.07) is 9.21. The molecule has 2 aromatic heterocycles. The van der Waals surface area contributed by atoms with E-state index in [1.165, 1.54) is 0 Å². The van der Waals surface area contributed by atoms with Gasteiger partial charge in [0.05, 0.1) is 11.9 Å². The van der Waals surface area contributed by atoms with Crippen LogP contribution >= 0.6 is 15.9 Å². The van der Waals surface area contributed by atoms with E-state index in [0.29, 0.717) is 6.54 Å². The van der Waals surface area contributed by atoms with Gasteiger partial charge in [0, 0.05) is 29.0 Å². The van der Waals surface area contributed by atoms with Crippen LogP contribution in [0.5, 0.6) is 5.75 Å². The Morgan fingerprint density at radius 1 is 1.24 bits per heavy atom. The zero-order valence-corrected chi connectivity index (χ0v) is 12.7. The van der Waals surface area contributed by atoms with Gasteiger partial charge >= 0.3 is 0 Å². The summed E-state index contributed by atoms with van der Waals surface area (Å²) in [7, 11) is 0. The molecule has 0 amide bonds. The fraction of sp³-hybridized carbons (Fsp3) is 0.0667. The number of aromatic nitrogens is 3. The number of hydrogen-bond acceptors (Lipinski definition) is 4. The molecule has 6 heteroatoms. The molecule has 0 aliphatic rings. The van der Waals surface area contributed by atoms with Crippen LogP contribution < -0.4 is 5.32 Å². The van der Waals surface area contributed by atoms with Gasteiger partial charge in [0.1, 0.15) is 17.9 Å². The maximum absolute atomic E-state index is 9.80. The van der Waals surface area contributed by atoms with Crippen LogP contribution in [0.2, 0.25) is 0 Å². The Kier molecular flexibility index (Phi) is 3.87. The van der Waals surface area contributed by atoms with Gasteiger partial charge in [0.15, 0.2) is 0 Å². The Balaban J connectivity index is 1.70. The van der Waals surface area contributed by atoms with E-state index in [0.717, 1.165) is 21.5 Å². The van der Waals surface area contributed by atoms with Gasteiger partial charge in [0.2, 0.25) is 0 Å². The van der Waals surface area contributed by atoms with Gasteiger partial charge in [0.25, 0.3) is 0 Å². The van der Waals surface area contributed by atoms with Crippen LogP contribution in [0, 0.1) is 0 Å². The monoisotopic (exact) mass is 344 g/mol. The molecule has 106 valence electrons. The molecule has 2 N–H and O–H groups in total. The lowest BCUT2D eigenvalue weighted by Gasteiger charge is -2.09. The predicted octanol–water partition coefficient (Wildman–Crippen LogP) is 3.35. The van der Waals surface area contributed by atoms with E-state index in [2.05, 4.69) is 31.2 Å². The highest BCUT2D eigenvalue weighted by Gasteiger charge is 2.03. The topological polar surface area (TPSA) is 63.0 Å². The molecule has 0 saturated heterocycles. The number of nitrogens with one attached hydrogen (secondary N) is 1. The number of nitrogens with zero attached hydrogens (tertiary/aromatic N) is 3. The van der Waals surface area contributed by atoms with Gasteiger partial charge in [-0.05, 0) is 30.3 Å². The highest BCUT2D eigenvalue weighted by Crippen LogP contribution is 2.22. The SMILES string of the molecule is Oc1ccc(Br)cc1CNc1ccc(-n2ccnc2)nc1. The van der Waals surface area contributed by atoms with E-state index in [-0.39, 0.29) is 5.75 Å². The van der Waals surface area contributed by atoms with E-state index >= 15 is 0 Å². The van der Waals surface area contributed by atoms with Gasteiger partial charge < -0.3 is 10.4 Å². The van der Waals surface area contributed by atoms with Crippen molar-refractivity contribution in [1.82, 2.24) is 14.5 Å². The second kappa shape index (κ2) is 5.97. The summed E-state index contributed by atoms with van der Waals surface area (Å²) >= 11 is 3.39. The van der Waals surface area contributed by atoms with Crippen LogP contribution in [0.15, 0.2) is 59.7 Å². The fourth-order valence-corrected chi connectivity index (χ4v) is 2.34. The number of phenols is 1. The number of halogens is 1. The lowest BCUT2D eigenvalue weighted by molar-refractivity contribution is 0.469. The maximum Gasteiger partial charge on any atom is 0.137 e. The molecule has 5 nitrogen and oxygen atoms in total. The first-order valence-corrected chi connectivity index (χ1v) is 7.17. The standard InChI is InChI=1S/C15H13BrN4O/c16-12-1-3-14(21)11(7-12)8-18-13-2-4-15(19-9-13)20-6-5-17-10-20/h1-7,9-10,18,21H,8H2. The maximum atomic E-state index is 9.80. The van der Waals surface area contributed by atoms with Crippen molar-refractivity contribution in [2.24, 2.45) is 0 Å². The van der Waals surface area contributed by atoms with Gasteiger partial charge in [-0.3, -0.25) is 4.57 Å². The molecule has 0 aliphatic heterocycles. The summed E-state index contributed by atoms with van der Waals surface area (Å²) in [6.45, 7) is 0.525. The Morgan fingerprint density at radius 3 is 2.86 bits per heavy atom. The zero-order chi connectivity index (χ0) is 14.7. The molecule has 1 aromatic carbocycles. The Morgan fingerprint density at radius 2 is 2.14 bits per heavy atom. The van der Waals surface area contributed by atoms with Crippen molar-refractivity contribution in [1.29, 1.82) is 0 Å². The number of phenolic OH excluding ortho intramolecular Hbond substituents is 1. The second-order valence-corrected chi connectivity index (χ2v) is 5.42. The van der Waals surface area contributed by atoms with Crippen molar-refractivity contribution >= 4 is 21.6 Å². The molecule has 0 radical (unpaired) electrons. The van der Waals surface area contributed by atoms with Gasteiger partial charge in [-0.2, -0.15) is 0 Å². The highest BCUT2D eigenvalue weighted by atomic mass is 79.9. The second-order valence-electron chi connectivity index (χ2n) is 4.50. The summed E-state index contributed by atoms with van der Waals surface area (Å²) in [5, 5.41) is 13.0. The van der Waals surface area contributed by atoms with Gasteiger partial charge in [-0.25, -0.2) is 9.97 Å². The van der Waals surface area contributed by atoms with E-state index in [1.54, 1.807) is 30.9 Å². The fourth-order valence-electron chi connectivity index (χ4n) is 1.93. The molecule has 21 heavy (non-hydrogen) atoms. The minimum atomic E-state index is 0.272. The van der Waals surface area contributed by atoms with Crippen LogP contribution in [0.4, 0.5) is 5.69 Å². The molecule has 0 spiro atoms. The molecule has 0 fully saturated rings. The first kappa shape index (κ1) is 13.6. The minimum Gasteiger partial charge on any atom is -0.508 e. The van der Waals surface area contributed by atoms with Crippen molar-refractivity contribution in [2.75, 3.05) is 5.32 Å². The van der Waals surface area contributed by atoms with Crippen molar-refractivity contribution in [3.8, 4) is 11.6 Å². The number of pyridine rings is 1. The third-order valence-electron chi connectivity index (χ3n) is 3.04. The molecule has 2 heterocycles. The molecule has 3 rings (SSSR count). The van der Waals surface area contributed by atoms with Crippen LogP contribution in [0.25, 0.3) is 5.82 Å². The van der Waals surface area contributed by atoms with Crippen LogP contribution in [0.1, 0.15) is 5.56 Å². The average molecular weight is 345 g/mol. The Labute approximate surface area is 130 Å². The molecule has 3 aromatic rings. The third-order valence-corrected chi connectivity index (χ3v) is 3.53. The largest absolute Gasteiger partial charge is 0.508 e. The molecular formula is C15H13BrN4O. The first-order chi connectivity index (χ1) is 10.2. The molecule has 0 aliphatic carbocycles. The number of benzene rings is 1. The summed E-state index contributed by atoms with van der Waals surface area (Å²) < 4.78 is 2.77. The molecule has 0 atom stereocenters. The van der Waals surface area contributed by atoms with Crippen LogP contribution in [-0.2, 0) is 6.54 Å². The van der Waals surface area contributed by atoms with Gasteiger partial charge in [-0.15, -0.1) is 0 Å². The predicted molar refractivity (Wildman–Crippen MR) is 84.5 cm³/mol. The van der Waals surface area contributed by atoms with E-state index in [9.17, 15) is 5.11 Å². The minimum absolute atomic E-state index is 0.272. The Hall–Kier alpha value is -2.34. The molecule has 0 bridgehead atoms. The van der Waals surface area contributed by atoms with E-state index in [4.69, 9.17) is 0 Å². The quantitative estimate of drug-likeness (QED) is 0.761. The lowest BCUT2D eigenvalue weighted by atomic mass is 10.2. The lowest BCUT2D eigenvalue weighted by Crippen LogP contribution is -2.01.